The number of carboxylic acid groups (broad SMARTS) is 1. The van der Waals surface area contributed by atoms with Crippen LogP contribution >= 0.6 is 0 Å². The Labute approximate surface area is 118 Å². The second-order valence-electron chi connectivity index (χ2n) is 5.09. The number of rotatable bonds is 6. The maximum Gasteiger partial charge on any atom is 0.305 e. The van der Waals surface area contributed by atoms with Crippen molar-refractivity contribution in [3.05, 3.63) is 0 Å². The van der Waals surface area contributed by atoms with E-state index in [0.717, 1.165) is 0 Å². The minimum Gasteiger partial charge on any atom is -0.481 e. The molecule has 0 bridgehead atoms. The predicted octanol–water partition coefficient (Wildman–Crippen LogP) is -0.447. The van der Waals surface area contributed by atoms with E-state index in [1.807, 2.05) is 13.8 Å². The fourth-order valence-electron chi connectivity index (χ4n) is 2.56. The Hall–Kier alpha value is -1.63. The molecule has 7 heteroatoms. The number of carbonyl (C=O) groups excluding carboxylic acids is 2. The van der Waals surface area contributed by atoms with Crippen LogP contribution in [-0.4, -0.2) is 53.5 Å². The number of nitrogens with zero attached hydrogens (tertiary/aromatic N) is 1. The van der Waals surface area contributed by atoms with E-state index in [1.54, 1.807) is 0 Å². The Morgan fingerprint density at radius 2 is 2.05 bits per heavy atom. The molecule has 0 spiro atoms. The molecule has 1 fully saturated rings. The molecule has 1 aliphatic rings. The molecule has 0 aromatic heterocycles. The number of aliphatic carboxylic acids is 1. The molecular formula is C13H23N3O4. The molecule has 1 atom stereocenters. The average molecular weight is 285 g/mol. The largest absolute Gasteiger partial charge is 0.481 e. The second kappa shape index (κ2) is 6.69. The Balaban J connectivity index is 3.03. The monoisotopic (exact) mass is 285 g/mol. The van der Waals surface area contributed by atoms with Gasteiger partial charge in [0, 0.05) is 19.6 Å². The Kier molecular flexibility index (Phi) is 5.50. The topological polar surface area (TPSA) is 113 Å². The van der Waals surface area contributed by atoms with Gasteiger partial charge in [0.1, 0.15) is 6.04 Å². The van der Waals surface area contributed by atoms with E-state index in [0.29, 0.717) is 25.9 Å². The summed E-state index contributed by atoms with van der Waals surface area (Å²) in [7, 11) is 0. The molecule has 0 saturated carbocycles. The zero-order valence-electron chi connectivity index (χ0n) is 12.0. The van der Waals surface area contributed by atoms with Gasteiger partial charge in [0.25, 0.3) is 0 Å². The van der Waals surface area contributed by atoms with E-state index in [1.165, 1.54) is 4.90 Å². The van der Waals surface area contributed by atoms with Crippen molar-refractivity contribution in [2.75, 3.05) is 19.6 Å². The van der Waals surface area contributed by atoms with Crippen molar-refractivity contribution in [2.24, 2.45) is 11.1 Å². The van der Waals surface area contributed by atoms with E-state index in [4.69, 9.17) is 10.8 Å². The van der Waals surface area contributed by atoms with Gasteiger partial charge in [-0.1, -0.05) is 13.8 Å². The highest BCUT2D eigenvalue weighted by atomic mass is 16.4. The van der Waals surface area contributed by atoms with E-state index < -0.39 is 23.3 Å². The van der Waals surface area contributed by atoms with Gasteiger partial charge in [-0.2, -0.15) is 0 Å². The molecule has 7 nitrogen and oxygen atoms in total. The van der Waals surface area contributed by atoms with E-state index in [-0.39, 0.29) is 18.9 Å². The van der Waals surface area contributed by atoms with Crippen LogP contribution in [0.5, 0.6) is 0 Å². The SMILES string of the molecule is CCC(CC)(CN)C(=O)N1CCNC(=O)C1CC(=O)O. The lowest BCUT2D eigenvalue weighted by Crippen LogP contribution is -2.61. The average Bonchev–Trinajstić information content (AvgIpc) is 2.43. The first-order chi connectivity index (χ1) is 9.41. The molecule has 4 N–H and O–H groups in total. The first-order valence-corrected chi connectivity index (χ1v) is 6.92. The lowest BCUT2D eigenvalue weighted by molar-refractivity contribution is -0.154. The third kappa shape index (κ3) is 3.09. The predicted molar refractivity (Wildman–Crippen MR) is 72.8 cm³/mol. The fraction of sp³-hybridized carbons (Fsp3) is 0.769. The highest BCUT2D eigenvalue weighted by Crippen LogP contribution is 2.29. The van der Waals surface area contributed by atoms with Gasteiger partial charge in [-0.3, -0.25) is 14.4 Å². The highest BCUT2D eigenvalue weighted by Gasteiger charge is 2.43. The molecule has 0 radical (unpaired) electrons. The molecule has 1 rings (SSSR count). The number of piperazine rings is 1. The number of carboxylic acids is 1. The molecule has 1 saturated heterocycles. The van der Waals surface area contributed by atoms with Crippen LogP contribution in [0, 0.1) is 5.41 Å². The molecule has 0 aromatic rings. The van der Waals surface area contributed by atoms with Crippen LogP contribution in [-0.2, 0) is 14.4 Å². The minimum absolute atomic E-state index is 0.191. The highest BCUT2D eigenvalue weighted by molar-refractivity contribution is 5.93. The third-order valence-electron chi connectivity index (χ3n) is 4.16. The zero-order chi connectivity index (χ0) is 15.3. The van der Waals surface area contributed by atoms with Crippen LogP contribution in [0.4, 0.5) is 0 Å². The molecule has 20 heavy (non-hydrogen) atoms. The van der Waals surface area contributed by atoms with Crippen molar-refractivity contribution in [1.29, 1.82) is 0 Å². The smallest absolute Gasteiger partial charge is 0.305 e. The van der Waals surface area contributed by atoms with Crippen LogP contribution < -0.4 is 11.1 Å². The molecule has 1 heterocycles. The van der Waals surface area contributed by atoms with Crippen molar-refractivity contribution in [3.63, 3.8) is 0 Å². The Morgan fingerprint density at radius 1 is 1.45 bits per heavy atom. The summed E-state index contributed by atoms with van der Waals surface area (Å²) in [4.78, 5) is 36.8. The number of nitrogens with two attached hydrogens (primary N) is 1. The minimum atomic E-state index is -1.10. The number of carbonyl (C=O) groups is 3. The fourth-order valence-corrected chi connectivity index (χ4v) is 2.56. The van der Waals surface area contributed by atoms with Crippen molar-refractivity contribution < 1.29 is 19.5 Å². The summed E-state index contributed by atoms with van der Waals surface area (Å²) in [5.74, 6) is -1.73. The zero-order valence-corrected chi connectivity index (χ0v) is 12.0. The Bertz CT molecular complexity index is 385. The summed E-state index contributed by atoms with van der Waals surface area (Å²) >= 11 is 0. The summed E-state index contributed by atoms with van der Waals surface area (Å²) in [6.45, 7) is 4.62. The lowest BCUT2D eigenvalue weighted by atomic mass is 9.80. The Morgan fingerprint density at radius 3 is 2.50 bits per heavy atom. The van der Waals surface area contributed by atoms with E-state index in [2.05, 4.69) is 5.32 Å². The van der Waals surface area contributed by atoms with Crippen LogP contribution in [0.3, 0.4) is 0 Å². The molecule has 114 valence electrons. The van der Waals surface area contributed by atoms with Gasteiger partial charge in [0.2, 0.25) is 11.8 Å². The summed E-state index contributed by atoms with van der Waals surface area (Å²) in [5, 5.41) is 11.5. The molecule has 1 unspecified atom stereocenters. The number of hydrogen-bond donors (Lipinski definition) is 3. The first-order valence-electron chi connectivity index (χ1n) is 6.92. The molecular weight excluding hydrogens is 262 g/mol. The van der Waals surface area contributed by atoms with Crippen LogP contribution in [0.2, 0.25) is 0 Å². The first kappa shape index (κ1) is 16.4. The van der Waals surface area contributed by atoms with Crippen LogP contribution in [0.15, 0.2) is 0 Å². The maximum absolute atomic E-state index is 12.7. The van der Waals surface area contributed by atoms with Gasteiger partial charge in [-0.05, 0) is 12.8 Å². The van der Waals surface area contributed by atoms with E-state index >= 15 is 0 Å². The third-order valence-corrected chi connectivity index (χ3v) is 4.16. The quantitative estimate of drug-likeness (QED) is 0.612. The summed E-state index contributed by atoms with van der Waals surface area (Å²) in [5.41, 5.74) is 5.04. The van der Waals surface area contributed by atoms with E-state index in [9.17, 15) is 14.4 Å². The normalized spacial score (nSPS) is 19.6. The van der Waals surface area contributed by atoms with Crippen molar-refractivity contribution in [2.45, 2.75) is 39.2 Å². The van der Waals surface area contributed by atoms with Crippen LogP contribution in [0.25, 0.3) is 0 Å². The van der Waals surface area contributed by atoms with Gasteiger partial charge in [0.15, 0.2) is 0 Å². The summed E-state index contributed by atoms with van der Waals surface area (Å²) in [6, 6.07) is -0.947. The van der Waals surface area contributed by atoms with Gasteiger partial charge in [-0.25, -0.2) is 0 Å². The maximum atomic E-state index is 12.7. The second-order valence-corrected chi connectivity index (χ2v) is 5.09. The summed E-state index contributed by atoms with van der Waals surface area (Å²) < 4.78 is 0. The van der Waals surface area contributed by atoms with Crippen LogP contribution in [0.1, 0.15) is 33.1 Å². The number of nitrogens with one attached hydrogen (secondary N) is 1. The molecule has 0 aromatic carbocycles. The van der Waals surface area contributed by atoms with Gasteiger partial charge in [-0.15, -0.1) is 0 Å². The molecule has 0 aliphatic carbocycles. The molecule has 2 amide bonds. The standard InChI is InChI=1S/C13H23N3O4/c1-3-13(4-2,8-14)12(20)16-6-5-15-11(19)9(16)7-10(17)18/h9H,3-8,14H2,1-2H3,(H,15,19)(H,17,18). The van der Waals surface area contributed by atoms with Gasteiger partial charge >= 0.3 is 5.97 Å². The lowest BCUT2D eigenvalue weighted by Gasteiger charge is -2.40. The number of hydrogen-bond acceptors (Lipinski definition) is 4. The van der Waals surface area contributed by atoms with Crippen molar-refractivity contribution in [3.8, 4) is 0 Å². The number of amides is 2. The van der Waals surface area contributed by atoms with Gasteiger partial charge in [0.05, 0.1) is 11.8 Å². The van der Waals surface area contributed by atoms with Crippen molar-refractivity contribution in [1.82, 2.24) is 10.2 Å². The van der Waals surface area contributed by atoms with Crippen molar-refractivity contribution >= 4 is 17.8 Å². The summed E-state index contributed by atoms with van der Waals surface area (Å²) in [6.07, 6.45) is 0.749. The molecule has 1 aliphatic heterocycles. The van der Waals surface area contributed by atoms with Gasteiger partial charge < -0.3 is 21.1 Å².